The smallest absolute Gasteiger partial charge is 0.139 e. The summed E-state index contributed by atoms with van der Waals surface area (Å²) in [5.41, 5.74) is 2.77. The van der Waals surface area contributed by atoms with Crippen molar-refractivity contribution in [2.75, 3.05) is 20.2 Å². The highest BCUT2D eigenvalue weighted by Crippen LogP contribution is 2.36. The maximum Gasteiger partial charge on any atom is 0.139 e. The average Bonchev–Trinajstić information content (AvgIpc) is 2.79. The van der Waals surface area contributed by atoms with Crippen molar-refractivity contribution in [3.8, 4) is 5.75 Å². The zero-order valence-electron chi connectivity index (χ0n) is 17.4. The van der Waals surface area contributed by atoms with E-state index in [2.05, 4.69) is 4.90 Å². The number of ether oxygens (including phenoxy) is 1. The predicted molar refractivity (Wildman–Crippen MR) is 116 cm³/mol. The lowest BCUT2D eigenvalue weighted by Crippen LogP contribution is -2.43. The fraction of sp³-hybridized carbons (Fsp3) is 0.269. The van der Waals surface area contributed by atoms with Crippen molar-refractivity contribution in [1.82, 2.24) is 4.90 Å². The Bertz CT molecular complexity index is 989. The van der Waals surface area contributed by atoms with Gasteiger partial charge in [0.05, 0.1) is 7.11 Å². The molecule has 0 aliphatic carbocycles. The Balaban J connectivity index is 1.65. The van der Waals surface area contributed by atoms with E-state index in [4.69, 9.17) is 4.74 Å². The standard InChI is InChI=1S/C26H25F2NO2/c1-31-25-5-3-2-4-20(25)16-29-15-14-24(30)23(17-29)26(18-6-10-21(27)11-7-18)19-8-12-22(28)13-9-19/h2-13,23,26H,14-17H2,1H3. The van der Waals surface area contributed by atoms with Crippen LogP contribution >= 0.6 is 0 Å². The van der Waals surface area contributed by atoms with Gasteiger partial charge in [0.1, 0.15) is 23.2 Å². The van der Waals surface area contributed by atoms with Crippen LogP contribution in [0.5, 0.6) is 5.75 Å². The van der Waals surface area contributed by atoms with E-state index in [0.29, 0.717) is 26.1 Å². The van der Waals surface area contributed by atoms with Crippen LogP contribution in [0.2, 0.25) is 0 Å². The maximum absolute atomic E-state index is 13.6. The van der Waals surface area contributed by atoms with Gasteiger partial charge < -0.3 is 4.74 Å². The number of para-hydroxylation sites is 1. The number of benzene rings is 3. The van der Waals surface area contributed by atoms with Gasteiger partial charge in [-0.15, -0.1) is 0 Å². The first-order chi connectivity index (χ1) is 15.0. The van der Waals surface area contributed by atoms with E-state index in [0.717, 1.165) is 22.4 Å². The van der Waals surface area contributed by atoms with E-state index in [9.17, 15) is 13.6 Å². The molecule has 1 unspecified atom stereocenters. The van der Waals surface area contributed by atoms with Crippen molar-refractivity contribution < 1.29 is 18.3 Å². The molecule has 0 spiro atoms. The van der Waals surface area contributed by atoms with Crippen LogP contribution in [0.25, 0.3) is 0 Å². The third-order valence-electron chi connectivity index (χ3n) is 5.99. The molecular weight excluding hydrogens is 396 g/mol. The second kappa shape index (κ2) is 9.40. The molecule has 1 saturated heterocycles. The minimum atomic E-state index is -0.325. The second-order valence-electron chi connectivity index (χ2n) is 7.95. The zero-order valence-corrected chi connectivity index (χ0v) is 17.4. The van der Waals surface area contributed by atoms with Crippen LogP contribution in [0.15, 0.2) is 72.8 Å². The number of carbonyl (C=O) groups is 1. The van der Waals surface area contributed by atoms with Gasteiger partial charge in [-0.2, -0.15) is 0 Å². The number of hydrogen-bond donors (Lipinski definition) is 0. The van der Waals surface area contributed by atoms with Crippen LogP contribution in [0, 0.1) is 17.6 Å². The van der Waals surface area contributed by atoms with Gasteiger partial charge in [0.2, 0.25) is 0 Å². The quantitative estimate of drug-likeness (QED) is 0.548. The van der Waals surface area contributed by atoms with Gasteiger partial charge in [0.15, 0.2) is 0 Å². The van der Waals surface area contributed by atoms with E-state index in [-0.39, 0.29) is 29.3 Å². The molecule has 0 saturated carbocycles. The lowest BCUT2D eigenvalue weighted by molar-refractivity contribution is -0.126. The van der Waals surface area contributed by atoms with E-state index < -0.39 is 0 Å². The van der Waals surface area contributed by atoms with Gasteiger partial charge in [-0.3, -0.25) is 9.69 Å². The number of ketones is 1. The molecule has 0 radical (unpaired) electrons. The topological polar surface area (TPSA) is 29.5 Å². The Morgan fingerprint density at radius 2 is 1.52 bits per heavy atom. The molecule has 4 rings (SSSR count). The lowest BCUT2D eigenvalue weighted by Gasteiger charge is -2.36. The molecule has 0 aromatic heterocycles. The second-order valence-corrected chi connectivity index (χ2v) is 7.95. The molecule has 3 nitrogen and oxygen atoms in total. The number of methoxy groups -OCH3 is 1. The van der Waals surface area contributed by atoms with Gasteiger partial charge in [-0.25, -0.2) is 8.78 Å². The predicted octanol–water partition coefficient (Wildman–Crippen LogP) is 5.20. The zero-order chi connectivity index (χ0) is 21.8. The van der Waals surface area contributed by atoms with Crippen molar-refractivity contribution >= 4 is 5.78 Å². The highest BCUT2D eigenvalue weighted by molar-refractivity contribution is 5.83. The highest BCUT2D eigenvalue weighted by atomic mass is 19.1. The molecule has 0 amide bonds. The van der Waals surface area contributed by atoms with Crippen molar-refractivity contribution in [2.24, 2.45) is 5.92 Å². The van der Waals surface area contributed by atoms with Gasteiger partial charge in [0.25, 0.3) is 0 Å². The van der Waals surface area contributed by atoms with Crippen molar-refractivity contribution in [1.29, 1.82) is 0 Å². The molecule has 3 aromatic carbocycles. The molecule has 1 atom stereocenters. The van der Waals surface area contributed by atoms with E-state index in [1.165, 1.54) is 24.3 Å². The van der Waals surface area contributed by atoms with Gasteiger partial charge in [-0.1, -0.05) is 42.5 Å². The molecule has 5 heteroatoms. The summed E-state index contributed by atoms with van der Waals surface area (Å²) in [5, 5.41) is 0. The number of hydrogen-bond acceptors (Lipinski definition) is 3. The third kappa shape index (κ3) is 4.83. The Labute approximate surface area is 181 Å². The fourth-order valence-corrected chi connectivity index (χ4v) is 4.43. The number of piperidine rings is 1. The molecule has 160 valence electrons. The minimum Gasteiger partial charge on any atom is -0.496 e. The summed E-state index contributed by atoms with van der Waals surface area (Å²) in [6.45, 7) is 1.91. The Morgan fingerprint density at radius 3 is 2.10 bits per heavy atom. The largest absolute Gasteiger partial charge is 0.496 e. The molecule has 31 heavy (non-hydrogen) atoms. The summed E-state index contributed by atoms with van der Waals surface area (Å²) >= 11 is 0. The van der Waals surface area contributed by atoms with Gasteiger partial charge >= 0.3 is 0 Å². The van der Waals surface area contributed by atoms with Crippen molar-refractivity contribution in [3.05, 3.63) is 101 Å². The summed E-state index contributed by atoms with van der Waals surface area (Å²) in [5.74, 6) is -0.225. The highest BCUT2D eigenvalue weighted by Gasteiger charge is 2.35. The normalized spacial score (nSPS) is 17.2. The Hall–Kier alpha value is -3.05. The summed E-state index contributed by atoms with van der Waals surface area (Å²) < 4.78 is 32.6. The summed E-state index contributed by atoms with van der Waals surface area (Å²) in [4.78, 5) is 15.3. The summed E-state index contributed by atoms with van der Waals surface area (Å²) in [6, 6.07) is 20.4. The average molecular weight is 421 g/mol. The minimum absolute atomic E-state index is 0.176. The van der Waals surface area contributed by atoms with Crippen LogP contribution in [0.4, 0.5) is 8.78 Å². The van der Waals surface area contributed by atoms with Crippen LogP contribution in [0.1, 0.15) is 29.0 Å². The number of carbonyl (C=O) groups excluding carboxylic acids is 1. The molecule has 0 N–H and O–H groups in total. The van der Waals surface area contributed by atoms with E-state index >= 15 is 0 Å². The van der Waals surface area contributed by atoms with Crippen LogP contribution in [-0.4, -0.2) is 30.9 Å². The van der Waals surface area contributed by atoms with Crippen LogP contribution in [0.3, 0.4) is 0 Å². The maximum atomic E-state index is 13.6. The SMILES string of the molecule is COc1ccccc1CN1CCC(=O)C(C(c2ccc(F)cc2)c2ccc(F)cc2)C1. The van der Waals surface area contributed by atoms with Gasteiger partial charge in [-0.05, 0) is 41.5 Å². The third-order valence-corrected chi connectivity index (χ3v) is 5.99. The van der Waals surface area contributed by atoms with Crippen molar-refractivity contribution in [2.45, 2.75) is 18.9 Å². The molecule has 0 bridgehead atoms. The molecular formula is C26H25F2NO2. The number of Topliss-reactive ketones (excluding diaryl/α,β-unsaturated/α-hetero) is 1. The molecule has 3 aromatic rings. The molecule has 1 aliphatic rings. The number of rotatable bonds is 6. The first kappa shape index (κ1) is 21.2. The van der Waals surface area contributed by atoms with Gasteiger partial charge in [0, 0.05) is 43.5 Å². The lowest BCUT2D eigenvalue weighted by atomic mass is 9.76. The first-order valence-electron chi connectivity index (χ1n) is 10.4. The summed E-state index contributed by atoms with van der Waals surface area (Å²) in [7, 11) is 1.65. The molecule has 1 fully saturated rings. The summed E-state index contributed by atoms with van der Waals surface area (Å²) in [6.07, 6.45) is 0.443. The van der Waals surface area contributed by atoms with Crippen LogP contribution in [-0.2, 0) is 11.3 Å². The molecule has 1 heterocycles. The number of halogens is 2. The number of likely N-dealkylation sites (tertiary alicyclic amines) is 1. The van der Waals surface area contributed by atoms with E-state index in [1.54, 1.807) is 31.4 Å². The number of nitrogens with zero attached hydrogens (tertiary/aromatic N) is 1. The van der Waals surface area contributed by atoms with Crippen LogP contribution < -0.4 is 4.74 Å². The Kier molecular flexibility index (Phi) is 6.42. The Morgan fingerprint density at radius 1 is 0.935 bits per heavy atom. The first-order valence-corrected chi connectivity index (χ1v) is 10.4. The van der Waals surface area contributed by atoms with Crippen molar-refractivity contribution in [3.63, 3.8) is 0 Å². The fourth-order valence-electron chi connectivity index (χ4n) is 4.43. The molecule has 1 aliphatic heterocycles. The monoisotopic (exact) mass is 421 g/mol. The van der Waals surface area contributed by atoms with E-state index in [1.807, 2.05) is 24.3 Å².